The van der Waals surface area contributed by atoms with Crippen LogP contribution in [-0.2, 0) is 4.79 Å². The Morgan fingerprint density at radius 3 is 2.35 bits per heavy atom. The molecule has 0 aliphatic heterocycles. The van der Waals surface area contributed by atoms with Gasteiger partial charge in [-0.1, -0.05) is 0 Å². The molecule has 0 bridgehead atoms. The highest BCUT2D eigenvalue weighted by atomic mass is 35.5. The van der Waals surface area contributed by atoms with E-state index in [0.717, 1.165) is 0 Å². The Labute approximate surface area is 101 Å². The Kier molecular flexibility index (Phi) is 4.84. The van der Waals surface area contributed by atoms with Crippen LogP contribution in [0.5, 0.6) is 5.75 Å². The van der Waals surface area contributed by atoms with Crippen molar-refractivity contribution in [3.8, 4) is 5.75 Å². The molecule has 1 aromatic rings. The van der Waals surface area contributed by atoms with Crippen LogP contribution in [0, 0.1) is 0 Å². The molecule has 17 heavy (non-hydrogen) atoms. The molecule has 0 atom stereocenters. The van der Waals surface area contributed by atoms with E-state index in [0.29, 0.717) is 0 Å². The summed E-state index contributed by atoms with van der Waals surface area (Å²) in [5, 5.41) is 2.01. The van der Waals surface area contributed by atoms with Gasteiger partial charge in [-0.05, 0) is 24.3 Å². The lowest BCUT2D eigenvalue weighted by Gasteiger charge is -2.05. The maximum Gasteiger partial charge on any atom is 0.387 e. The lowest BCUT2D eigenvalue weighted by atomic mass is 10.2. The first-order chi connectivity index (χ1) is 8.02. The highest BCUT2D eigenvalue weighted by molar-refractivity contribution is 6.28. The van der Waals surface area contributed by atoms with Gasteiger partial charge >= 0.3 is 6.61 Å². The highest BCUT2D eigenvalue weighted by Gasteiger charge is 2.10. The fraction of sp³-hybridized carbons (Fsp3) is 0.200. The molecule has 1 rings (SSSR count). The van der Waals surface area contributed by atoms with E-state index in [1.54, 1.807) is 0 Å². The number of imide groups is 1. The van der Waals surface area contributed by atoms with E-state index < -0.39 is 18.4 Å². The van der Waals surface area contributed by atoms with Crippen molar-refractivity contribution in [1.29, 1.82) is 0 Å². The molecular weight excluding hydrogens is 256 g/mol. The van der Waals surface area contributed by atoms with E-state index in [1.807, 2.05) is 5.32 Å². The summed E-state index contributed by atoms with van der Waals surface area (Å²) in [4.78, 5) is 22.2. The number of carbonyl (C=O) groups is 2. The van der Waals surface area contributed by atoms with E-state index >= 15 is 0 Å². The topological polar surface area (TPSA) is 55.4 Å². The van der Waals surface area contributed by atoms with Gasteiger partial charge in [0, 0.05) is 5.56 Å². The molecule has 0 aliphatic rings. The lowest BCUT2D eigenvalue weighted by molar-refractivity contribution is -0.117. The molecule has 0 heterocycles. The van der Waals surface area contributed by atoms with Gasteiger partial charge in [-0.25, -0.2) is 0 Å². The average molecular weight is 264 g/mol. The van der Waals surface area contributed by atoms with E-state index in [9.17, 15) is 18.4 Å². The highest BCUT2D eigenvalue weighted by Crippen LogP contribution is 2.14. The van der Waals surface area contributed by atoms with Gasteiger partial charge in [-0.15, -0.1) is 11.6 Å². The van der Waals surface area contributed by atoms with Gasteiger partial charge in [0.2, 0.25) is 5.91 Å². The van der Waals surface area contributed by atoms with Gasteiger partial charge in [-0.2, -0.15) is 8.78 Å². The van der Waals surface area contributed by atoms with Crippen molar-refractivity contribution in [2.24, 2.45) is 0 Å². The number of hydrogen-bond donors (Lipinski definition) is 1. The van der Waals surface area contributed by atoms with Crippen molar-refractivity contribution in [3.05, 3.63) is 29.8 Å². The SMILES string of the molecule is O=C(CCl)NC(=O)c1ccc(OC(F)F)cc1. The molecular formula is C10H8ClF2NO3. The molecule has 1 N–H and O–H groups in total. The number of hydrogen-bond acceptors (Lipinski definition) is 3. The number of carbonyl (C=O) groups excluding carboxylic acids is 2. The monoisotopic (exact) mass is 263 g/mol. The smallest absolute Gasteiger partial charge is 0.387 e. The van der Waals surface area contributed by atoms with Crippen molar-refractivity contribution < 1.29 is 23.1 Å². The van der Waals surface area contributed by atoms with Gasteiger partial charge in [0.05, 0.1) is 0 Å². The van der Waals surface area contributed by atoms with Gasteiger partial charge in [-0.3, -0.25) is 14.9 Å². The maximum absolute atomic E-state index is 11.8. The molecule has 4 nitrogen and oxygen atoms in total. The second-order valence-electron chi connectivity index (χ2n) is 2.91. The summed E-state index contributed by atoms with van der Waals surface area (Å²) in [6.45, 7) is -2.92. The molecule has 7 heteroatoms. The molecule has 0 unspecified atom stereocenters. The first-order valence-corrected chi connectivity index (χ1v) is 5.01. The first-order valence-electron chi connectivity index (χ1n) is 4.48. The van der Waals surface area contributed by atoms with Crippen LogP contribution >= 0.6 is 11.6 Å². The molecule has 0 saturated heterocycles. The summed E-state index contributed by atoms with van der Waals surface area (Å²) in [7, 11) is 0. The molecule has 0 aliphatic carbocycles. The number of nitrogens with one attached hydrogen (secondary N) is 1. The van der Waals surface area contributed by atoms with Gasteiger partial charge in [0.15, 0.2) is 0 Å². The van der Waals surface area contributed by atoms with E-state index in [4.69, 9.17) is 11.6 Å². The fourth-order valence-electron chi connectivity index (χ4n) is 1.02. The summed E-state index contributed by atoms with van der Waals surface area (Å²) in [6.07, 6.45) is 0. The minimum absolute atomic E-state index is 0.0692. The summed E-state index contributed by atoms with van der Waals surface area (Å²) in [5.41, 5.74) is 0.144. The predicted molar refractivity (Wildman–Crippen MR) is 56.3 cm³/mol. The normalized spacial score (nSPS) is 10.1. The molecule has 92 valence electrons. The van der Waals surface area contributed by atoms with Gasteiger partial charge in [0.1, 0.15) is 11.6 Å². The quantitative estimate of drug-likeness (QED) is 0.843. The number of halogens is 3. The predicted octanol–water partition coefficient (Wildman–Crippen LogP) is 1.78. The van der Waals surface area contributed by atoms with Crippen molar-refractivity contribution in [2.45, 2.75) is 6.61 Å². The Bertz CT molecular complexity index is 409. The molecule has 0 fully saturated rings. The van der Waals surface area contributed by atoms with E-state index in [1.165, 1.54) is 24.3 Å². The number of benzene rings is 1. The van der Waals surface area contributed by atoms with Crippen LogP contribution in [-0.4, -0.2) is 24.3 Å². The van der Waals surface area contributed by atoms with Gasteiger partial charge in [0.25, 0.3) is 5.91 Å². The zero-order valence-electron chi connectivity index (χ0n) is 8.45. The van der Waals surface area contributed by atoms with Crippen LogP contribution in [0.4, 0.5) is 8.78 Å². The lowest BCUT2D eigenvalue weighted by Crippen LogP contribution is -2.31. The molecule has 0 aromatic heterocycles. The van der Waals surface area contributed by atoms with Crippen LogP contribution < -0.4 is 10.1 Å². The third kappa shape index (κ3) is 4.36. The average Bonchev–Trinajstić information content (AvgIpc) is 2.28. The van der Waals surface area contributed by atoms with Crippen molar-refractivity contribution >= 4 is 23.4 Å². The van der Waals surface area contributed by atoms with Crippen molar-refractivity contribution in [2.75, 3.05) is 5.88 Å². The maximum atomic E-state index is 11.8. The van der Waals surface area contributed by atoms with Crippen LogP contribution in [0.1, 0.15) is 10.4 Å². The number of rotatable bonds is 4. The summed E-state index contributed by atoms with van der Waals surface area (Å²) >= 11 is 5.20. The zero-order chi connectivity index (χ0) is 12.8. The number of amides is 2. The zero-order valence-corrected chi connectivity index (χ0v) is 9.21. The van der Waals surface area contributed by atoms with Crippen molar-refractivity contribution in [3.63, 3.8) is 0 Å². The Morgan fingerprint density at radius 1 is 1.29 bits per heavy atom. The minimum Gasteiger partial charge on any atom is -0.435 e. The molecule has 1 aromatic carbocycles. The molecule has 0 radical (unpaired) electrons. The van der Waals surface area contributed by atoms with Crippen LogP contribution in [0.3, 0.4) is 0 Å². The second-order valence-corrected chi connectivity index (χ2v) is 3.18. The first kappa shape index (κ1) is 13.4. The molecule has 2 amide bonds. The number of alkyl halides is 3. The van der Waals surface area contributed by atoms with Crippen molar-refractivity contribution in [1.82, 2.24) is 5.32 Å². The van der Waals surface area contributed by atoms with Crippen LogP contribution in [0.25, 0.3) is 0 Å². The Morgan fingerprint density at radius 2 is 1.88 bits per heavy atom. The van der Waals surface area contributed by atoms with Crippen LogP contribution in [0.2, 0.25) is 0 Å². The number of ether oxygens (including phenoxy) is 1. The largest absolute Gasteiger partial charge is 0.435 e. The van der Waals surface area contributed by atoms with E-state index in [-0.39, 0.29) is 17.2 Å². The Hall–Kier alpha value is -1.69. The fourth-order valence-corrected chi connectivity index (χ4v) is 1.09. The van der Waals surface area contributed by atoms with Crippen LogP contribution in [0.15, 0.2) is 24.3 Å². The second kappa shape index (κ2) is 6.15. The third-order valence-corrected chi connectivity index (χ3v) is 1.96. The molecule has 0 saturated carbocycles. The van der Waals surface area contributed by atoms with E-state index in [2.05, 4.69) is 4.74 Å². The minimum atomic E-state index is -2.92. The standard InChI is InChI=1S/C10H8ClF2NO3/c11-5-8(15)14-9(16)6-1-3-7(4-2-6)17-10(12)13/h1-4,10H,5H2,(H,14,15,16). The summed E-state index contributed by atoms with van der Waals surface area (Å²) < 4.78 is 27.8. The van der Waals surface area contributed by atoms with Gasteiger partial charge < -0.3 is 4.74 Å². The Balaban J connectivity index is 2.67. The summed E-state index contributed by atoms with van der Waals surface area (Å²) in [6, 6.07) is 4.92. The summed E-state index contributed by atoms with van der Waals surface area (Å²) in [5.74, 6) is -1.69. The molecule has 0 spiro atoms. The third-order valence-electron chi connectivity index (χ3n) is 1.72.